The molecular weight excluding hydrogens is 464 g/mol. The van der Waals surface area contributed by atoms with Gasteiger partial charge in [0.2, 0.25) is 15.9 Å². The first-order valence-electron chi connectivity index (χ1n) is 11.1. The highest BCUT2D eigenvalue weighted by Crippen LogP contribution is 2.40. The Kier molecular flexibility index (Phi) is 7.06. The van der Waals surface area contributed by atoms with Gasteiger partial charge in [0.1, 0.15) is 10.8 Å². The van der Waals surface area contributed by atoms with Crippen LogP contribution in [0.2, 0.25) is 0 Å². The minimum absolute atomic E-state index is 0.0972. The predicted octanol–water partition coefficient (Wildman–Crippen LogP) is 3.46. The molecule has 0 radical (unpaired) electrons. The van der Waals surface area contributed by atoms with Gasteiger partial charge in [-0.25, -0.2) is 13.2 Å². The molecule has 33 heavy (non-hydrogen) atoms. The molecule has 2 aliphatic rings. The smallest absolute Gasteiger partial charge is 0.341 e. The number of ether oxygens (including phenoxy) is 2. The van der Waals surface area contributed by atoms with Gasteiger partial charge in [0.15, 0.2) is 0 Å². The number of rotatable bonds is 7. The number of benzene rings is 1. The van der Waals surface area contributed by atoms with E-state index in [-0.39, 0.29) is 24.0 Å². The van der Waals surface area contributed by atoms with Gasteiger partial charge >= 0.3 is 5.97 Å². The van der Waals surface area contributed by atoms with E-state index in [1.54, 1.807) is 19.1 Å². The Balaban J connectivity index is 1.50. The summed E-state index contributed by atoms with van der Waals surface area (Å²) in [6.45, 7) is 2.47. The van der Waals surface area contributed by atoms with Crippen LogP contribution in [0.4, 0.5) is 5.00 Å². The van der Waals surface area contributed by atoms with Crippen molar-refractivity contribution in [2.45, 2.75) is 43.9 Å². The van der Waals surface area contributed by atoms with Crippen molar-refractivity contribution in [1.29, 1.82) is 0 Å². The summed E-state index contributed by atoms with van der Waals surface area (Å²) in [5.41, 5.74) is 1.43. The summed E-state index contributed by atoms with van der Waals surface area (Å²) in [5.74, 6) is -0.612. The largest absolute Gasteiger partial charge is 0.497 e. The van der Waals surface area contributed by atoms with Gasteiger partial charge in [0.25, 0.3) is 0 Å². The zero-order valence-electron chi connectivity index (χ0n) is 18.8. The molecule has 0 spiro atoms. The lowest BCUT2D eigenvalue weighted by molar-refractivity contribution is -0.120. The Morgan fingerprint density at radius 3 is 2.64 bits per heavy atom. The number of nitrogens with zero attached hydrogens (tertiary/aromatic N) is 1. The number of thiophene rings is 1. The number of anilines is 1. The van der Waals surface area contributed by atoms with Crippen LogP contribution < -0.4 is 10.1 Å². The summed E-state index contributed by atoms with van der Waals surface area (Å²) < 4.78 is 37.9. The van der Waals surface area contributed by atoms with Crippen LogP contribution >= 0.6 is 11.3 Å². The molecule has 4 rings (SSSR count). The number of carbonyl (C=O) groups is 2. The second-order valence-electron chi connectivity index (χ2n) is 8.15. The molecule has 0 saturated carbocycles. The number of fused-ring (bicyclic) bond motifs is 1. The van der Waals surface area contributed by atoms with Crippen molar-refractivity contribution >= 4 is 38.2 Å². The molecule has 2 aromatic rings. The quantitative estimate of drug-likeness (QED) is 0.594. The maximum Gasteiger partial charge on any atom is 0.341 e. The topological polar surface area (TPSA) is 102 Å². The van der Waals surface area contributed by atoms with Gasteiger partial charge < -0.3 is 14.8 Å². The first-order valence-corrected chi connectivity index (χ1v) is 13.4. The Labute approximate surface area is 197 Å². The van der Waals surface area contributed by atoms with Crippen molar-refractivity contribution in [3.05, 3.63) is 40.3 Å². The molecule has 0 bridgehead atoms. The van der Waals surface area contributed by atoms with E-state index < -0.39 is 21.9 Å². The third-order valence-electron chi connectivity index (χ3n) is 6.09. The van der Waals surface area contributed by atoms with Crippen molar-refractivity contribution in [1.82, 2.24) is 4.31 Å². The van der Waals surface area contributed by atoms with Crippen LogP contribution in [0.5, 0.6) is 5.75 Å². The van der Waals surface area contributed by atoms with Crippen molar-refractivity contribution in [3.8, 4) is 5.75 Å². The van der Waals surface area contributed by atoms with E-state index in [1.807, 2.05) is 0 Å². The first kappa shape index (κ1) is 23.7. The molecule has 1 aliphatic carbocycles. The summed E-state index contributed by atoms with van der Waals surface area (Å²) in [7, 11) is -2.21. The molecular formula is C23H28N2O6S2. The lowest BCUT2D eigenvalue weighted by Gasteiger charge is -2.31. The van der Waals surface area contributed by atoms with Crippen molar-refractivity contribution in [3.63, 3.8) is 0 Å². The normalized spacial score (nSPS) is 18.5. The van der Waals surface area contributed by atoms with Gasteiger partial charge in [-0.2, -0.15) is 4.31 Å². The van der Waals surface area contributed by atoms with Gasteiger partial charge in [0, 0.05) is 18.0 Å². The summed E-state index contributed by atoms with van der Waals surface area (Å²) in [6, 6.07) is 6.23. The van der Waals surface area contributed by atoms with Crippen LogP contribution in [-0.2, 0) is 32.4 Å². The fourth-order valence-corrected chi connectivity index (χ4v) is 7.20. The van der Waals surface area contributed by atoms with E-state index in [0.717, 1.165) is 29.7 Å². The zero-order chi connectivity index (χ0) is 23.6. The van der Waals surface area contributed by atoms with Gasteiger partial charge in [-0.05, 0) is 68.9 Å². The summed E-state index contributed by atoms with van der Waals surface area (Å²) in [5, 5.41) is 3.43. The molecule has 178 valence electrons. The van der Waals surface area contributed by atoms with E-state index in [2.05, 4.69) is 5.32 Å². The van der Waals surface area contributed by atoms with Crippen molar-refractivity contribution in [2.75, 3.05) is 32.1 Å². The number of sulfonamides is 1. The minimum Gasteiger partial charge on any atom is -0.497 e. The second-order valence-corrected chi connectivity index (χ2v) is 11.2. The molecule has 1 fully saturated rings. The van der Waals surface area contributed by atoms with Crippen LogP contribution in [0, 0.1) is 5.92 Å². The maximum absolute atomic E-state index is 13.1. The Morgan fingerprint density at radius 1 is 1.18 bits per heavy atom. The Morgan fingerprint density at radius 2 is 1.94 bits per heavy atom. The average molecular weight is 493 g/mol. The fraction of sp³-hybridized carbons (Fsp3) is 0.478. The highest BCUT2D eigenvalue weighted by molar-refractivity contribution is 7.89. The summed E-state index contributed by atoms with van der Waals surface area (Å²) in [4.78, 5) is 27.0. The summed E-state index contributed by atoms with van der Waals surface area (Å²) in [6.07, 6.45) is 3.84. The highest BCUT2D eigenvalue weighted by atomic mass is 32.2. The van der Waals surface area contributed by atoms with E-state index in [1.165, 1.54) is 34.9 Å². The summed E-state index contributed by atoms with van der Waals surface area (Å²) >= 11 is 1.43. The molecule has 2 heterocycles. The van der Waals surface area contributed by atoms with Crippen LogP contribution in [0.15, 0.2) is 29.2 Å². The number of hydrogen-bond acceptors (Lipinski definition) is 7. The van der Waals surface area contributed by atoms with Crippen LogP contribution in [0.25, 0.3) is 0 Å². The number of amides is 1. The number of methoxy groups -OCH3 is 1. The van der Waals surface area contributed by atoms with Gasteiger partial charge in [-0.15, -0.1) is 11.3 Å². The molecule has 1 aromatic heterocycles. The molecule has 1 amide bonds. The van der Waals surface area contributed by atoms with Gasteiger partial charge in [0.05, 0.1) is 30.1 Å². The third kappa shape index (κ3) is 4.78. The lowest BCUT2D eigenvalue weighted by Crippen LogP contribution is -2.43. The van der Waals surface area contributed by atoms with Crippen LogP contribution in [0.1, 0.15) is 47.0 Å². The standard InChI is InChI=1S/C23H28N2O6S2/c1-3-31-23(27)20-18-7-4-8-19(18)32-22(20)24-21(26)15-6-5-13-25(14-15)33(28,29)17-11-9-16(30-2)10-12-17/h9-12,15H,3-8,13-14H2,1-2H3,(H,24,26). The third-order valence-corrected chi connectivity index (χ3v) is 9.18. The van der Waals surface area contributed by atoms with E-state index >= 15 is 0 Å². The molecule has 1 unspecified atom stereocenters. The average Bonchev–Trinajstić information content (AvgIpc) is 3.40. The number of hydrogen-bond donors (Lipinski definition) is 1. The number of esters is 1. The van der Waals surface area contributed by atoms with Gasteiger partial charge in [-0.3, -0.25) is 4.79 Å². The molecule has 1 aromatic carbocycles. The highest BCUT2D eigenvalue weighted by Gasteiger charge is 2.35. The van der Waals surface area contributed by atoms with Crippen molar-refractivity contribution in [2.24, 2.45) is 5.92 Å². The number of piperidine rings is 1. The SMILES string of the molecule is CCOC(=O)c1c(NC(=O)C2CCCN(S(=O)(=O)c3ccc(OC)cc3)C2)sc2c1CCC2. The molecule has 1 N–H and O–H groups in total. The maximum atomic E-state index is 13.1. The molecule has 8 nitrogen and oxygen atoms in total. The van der Waals surface area contributed by atoms with E-state index in [4.69, 9.17) is 9.47 Å². The number of nitrogens with one attached hydrogen (secondary N) is 1. The predicted molar refractivity (Wildman–Crippen MR) is 125 cm³/mol. The first-order chi connectivity index (χ1) is 15.8. The van der Waals surface area contributed by atoms with Crippen LogP contribution in [-0.4, -0.2) is 51.4 Å². The van der Waals surface area contributed by atoms with Crippen LogP contribution in [0.3, 0.4) is 0 Å². The number of carbonyl (C=O) groups excluding carboxylic acids is 2. The molecule has 1 atom stereocenters. The van der Waals surface area contributed by atoms with Gasteiger partial charge in [-0.1, -0.05) is 0 Å². The second kappa shape index (κ2) is 9.82. The van der Waals surface area contributed by atoms with Crippen molar-refractivity contribution < 1.29 is 27.5 Å². The molecule has 1 aliphatic heterocycles. The Hall–Kier alpha value is -2.43. The molecule has 10 heteroatoms. The van der Waals surface area contributed by atoms with E-state index in [0.29, 0.717) is 35.7 Å². The minimum atomic E-state index is -3.73. The molecule has 1 saturated heterocycles. The number of aryl methyl sites for hydroxylation is 1. The zero-order valence-corrected chi connectivity index (χ0v) is 20.4. The van der Waals surface area contributed by atoms with E-state index in [9.17, 15) is 18.0 Å². The lowest BCUT2D eigenvalue weighted by atomic mass is 9.99. The Bertz CT molecular complexity index is 1140. The fourth-order valence-electron chi connectivity index (χ4n) is 4.40. The monoisotopic (exact) mass is 492 g/mol.